The highest BCUT2D eigenvalue weighted by atomic mass is 32.2. The van der Waals surface area contributed by atoms with E-state index in [1.165, 1.54) is 64.2 Å². The van der Waals surface area contributed by atoms with Gasteiger partial charge >= 0.3 is 0 Å². The van der Waals surface area contributed by atoms with Gasteiger partial charge in [-0.05, 0) is 25.7 Å². The summed E-state index contributed by atoms with van der Waals surface area (Å²) in [5.41, 5.74) is -0.238. The van der Waals surface area contributed by atoms with Crippen LogP contribution in [0, 0.1) is 17.2 Å². The minimum absolute atomic E-state index is 0.238. The van der Waals surface area contributed by atoms with Gasteiger partial charge in [-0.15, -0.1) is 11.8 Å². The molecule has 0 spiro atoms. The first-order chi connectivity index (χ1) is 9.27. The average molecular weight is 280 g/mol. The van der Waals surface area contributed by atoms with Gasteiger partial charge in [0, 0.05) is 5.75 Å². The first-order valence-corrected chi connectivity index (χ1v) is 9.12. The summed E-state index contributed by atoms with van der Waals surface area (Å²) in [5.74, 6) is 1.54. The largest absolute Gasteiger partial charge is 0.287 e. The summed E-state index contributed by atoms with van der Waals surface area (Å²) in [4.78, 5) is 0. The minimum atomic E-state index is -0.238. The van der Waals surface area contributed by atoms with E-state index >= 15 is 0 Å². The first-order valence-electron chi connectivity index (χ1n) is 8.07. The number of nitrogens with one attached hydrogen (secondary N) is 1. The van der Waals surface area contributed by atoms with E-state index in [-0.39, 0.29) is 5.54 Å². The van der Waals surface area contributed by atoms with Gasteiger partial charge in [0.15, 0.2) is 0 Å². The van der Waals surface area contributed by atoms with Crippen LogP contribution in [0.2, 0.25) is 0 Å². The molecule has 0 amide bonds. The van der Waals surface area contributed by atoms with Crippen molar-refractivity contribution in [3.05, 3.63) is 0 Å². The van der Waals surface area contributed by atoms with Gasteiger partial charge in [-0.1, -0.05) is 51.4 Å². The van der Waals surface area contributed by atoms with Crippen molar-refractivity contribution < 1.29 is 0 Å². The minimum Gasteiger partial charge on any atom is -0.287 e. The number of hydrogen-bond acceptors (Lipinski definition) is 3. The molecule has 19 heavy (non-hydrogen) atoms. The molecule has 1 unspecified atom stereocenters. The van der Waals surface area contributed by atoms with Crippen LogP contribution in [0.1, 0.15) is 71.1 Å². The molecule has 1 heterocycles. The normalized spacial score (nSPS) is 35.5. The molecule has 2 rings (SSSR count). The molecule has 0 aromatic heterocycles. The van der Waals surface area contributed by atoms with Crippen LogP contribution in [0.3, 0.4) is 0 Å². The second-order valence-corrected chi connectivity index (χ2v) is 7.61. The zero-order valence-corrected chi connectivity index (χ0v) is 13.1. The lowest BCUT2D eigenvalue weighted by Crippen LogP contribution is -2.49. The second-order valence-electron chi connectivity index (χ2n) is 6.28. The summed E-state index contributed by atoms with van der Waals surface area (Å²) in [7, 11) is 0. The van der Waals surface area contributed by atoms with E-state index in [1.807, 2.05) is 11.8 Å². The third-order valence-electron chi connectivity index (χ3n) is 4.77. The van der Waals surface area contributed by atoms with Gasteiger partial charge in [0.1, 0.15) is 5.54 Å². The van der Waals surface area contributed by atoms with Gasteiger partial charge in [-0.3, -0.25) is 5.32 Å². The molecule has 1 saturated heterocycles. The van der Waals surface area contributed by atoms with Crippen LogP contribution in [0.5, 0.6) is 0 Å². The molecule has 1 N–H and O–H groups in total. The smallest absolute Gasteiger partial charge is 0.119 e. The molecule has 0 aromatic carbocycles. The number of rotatable bonds is 1. The fourth-order valence-electron chi connectivity index (χ4n) is 3.57. The van der Waals surface area contributed by atoms with Gasteiger partial charge in [0.05, 0.1) is 11.4 Å². The van der Waals surface area contributed by atoms with Gasteiger partial charge < -0.3 is 0 Å². The second kappa shape index (κ2) is 7.55. The molecule has 1 aliphatic heterocycles. The van der Waals surface area contributed by atoms with Gasteiger partial charge in [0.2, 0.25) is 0 Å². The Labute approximate surface area is 122 Å². The highest BCUT2D eigenvalue weighted by molar-refractivity contribution is 8.00. The Morgan fingerprint density at radius 2 is 1.53 bits per heavy atom. The highest BCUT2D eigenvalue weighted by Gasteiger charge is 2.43. The molecule has 2 nitrogen and oxygen atoms in total. The zero-order chi connectivity index (χ0) is 13.6. The maximum atomic E-state index is 9.70. The van der Waals surface area contributed by atoms with E-state index in [0.717, 1.165) is 5.75 Å². The fourth-order valence-corrected chi connectivity index (χ4v) is 4.76. The number of hydrogen-bond donors (Lipinski definition) is 1. The summed E-state index contributed by atoms with van der Waals surface area (Å²) in [6.45, 7) is 2.19. The van der Waals surface area contributed by atoms with E-state index < -0.39 is 0 Å². The van der Waals surface area contributed by atoms with Crippen LogP contribution in [-0.4, -0.2) is 16.7 Å². The van der Waals surface area contributed by atoms with E-state index in [0.29, 0.717) is 11.3 Å². The van der Waals surface area contributed by atoms with Crippen molar-refractivity contribution in [1.29, 1.82) is 5.26 Å². The van der Waals surface area contributed by atoms with Gasteiger partial charge in [-0.2, -0.15) is 5.26 Å². The molecule has 2 atom stereocenters. The van der Waals surface area contributed by atoms with Crippen molar-refractivity contribution in [2.75, 3.05) is 5.75 Å². The van der Waals surface area contributed by atoms with Gasteiger partial charge in [-0.25, -0.2) is 0 Å². The maximum absolute atomic E-state index is 9.70. The molecule has 3 heteroatoms. The Balaban J connectivity index is 1.99. The Kier molecular flexibility index (Phi) is 6.04. The van der Waals surface area contributed by atoms with Crippen LogP contribution in [0.4, 0.5) is 0 Å². The predicted molar refractivity (Wildman–Crippen MR) is 83.1 cm³/mol. The van der Waals surface area contributed by atoms with Crippen LogP contribution in [0.15, 0.2) is 0 Å². The van der Waals surface area contributed by atoms with Gasteiger partial charge in [0.25, 0.3) is 0 Å². The molecule has 0 aromatic rings. The average Bonchev–Trinajstić information content (AvgIpc) is 2.77. The summed E-state index contributed by atoms with van der Waals surface area (Å²) in [6.07, 6.45) is 13.5. The number of nitrogens with zero attached hydrogens (tertiary/aromatic N) is 1. The Morgan fingerprint density at radius 1 is 1.00 bits per heavy atom. The number of nitriles is 1. The van der Waals surface area contributed by atoms with Crippen LogP contribution in [0.25, 0.3) is 0 Å². The Morgan fingerprint density at radius 3 is 1.95 bits per heavy atom. The third-order valence-corrected chi connectivity index (χ3v) is 6.01. The van der Waals surface area contributed by atoms with Crippen LogP contribution >= 0.6 is 11.8 Å². The number of thioether (sulfide) groups is 1. The van der Waals surface area contributed by atoms with Crippen molar-refractivity contribution in [1.82, 2.24) is 5.32 Å². The molecule has 2 fully saturated rings. The topological polar surface area (TPSA) is 35.8 Å². The third kappa shape index (κ3) is 4.13. The highest BCUT2D eigenvalue weighted by Crippen LogP contribution is 2.37. The molecular formula is C16H28N2S. The van der Waals surface area contributed by atoms with Crippen molar-refractivity contribution in [3.63, 3.8) is 0 Å². The SMILES string of the molecule is C[C@H]1NC(C#N)(C2CCCCCCCCCC2)CS1. The summed E-state index contributed by atoms with van der Waals surface area (Å²) < 4.78 is 0. The molecule has 2 aliphatic rings. The Hall–Kier alpha value is -0.200. The van der Waals surface area contributed by atoms with Crippen molar-refractivity contribution in [2.24, 2.45) is 5.92 Å². The standard InChI is InChI=1S/C16H28N2S/c1-14-18-16(12-17,13-19-14)15-10-8-6-4-2-3-5-7-9-11-15/h14-15,18H,2-11,13H2,1H3/t14-,16?/m0/s1. The molecular weight excluding hydrogens is 252 g/mol. The molecule has 0 radical (unpaired) electrons. The van der Waals surface area contributed by atoms with Crippen LogP contribution in [-0.2, 0) is 0 Å². The summed E-state index contributed by atoms with van der Waals surface area (Å²) in [6, 6.07) is 2.65. The van der Waals surface area contributed by atoms with E-state index in [4.69, 9.17) is 0 Å². The van der Waals surface area contributed by atoms with E-state index in [9.17, 15) is 5.26 Å². The summed E-state index contributed by atoms with van der Waals surface area (Å²) in [5, 5.41) is 13.7. The van der Waals surface area contributed by atoms with Crippen molar-refractivity contribution >= 4 is 11.8 Å². The first kappa shape index (κ1) is 15.2. The Bertz CT molecular complexity index is 300. The lowest BCUT2D eigenvalue weighted by atomic mass is 9.79. The van der Waals surface area contributed by atoms with Crippen LogP contribution < -0.4 is 5.32 Å². The molecule has 108 valence electrons. The molecule has 1 saturated carbocycles. The summed E-state index contributed by atoms with van der Waals surface area (Å²) >= 11 is 1.91. The predicted octanol–water partition coefficient (Wildman–Crippen LogP) is 4.46. The van der Waals surface area contributed by atoms with Crippen molar-refractivity contribution in [2.45, 2.75) is 82.0 Å². The lowest BCUT2D eigenvalue weighted by molar-refractivity contribution is 0.267. The maximum Gasteiger partial charge on any atom is 0.119 e. The van der Waals surface area contributed by atoms with E-state index in [2.05, 4.69) is 18.3 Å². The van der Waals surface area contributed by atoms with Crippen molar-refractivity contribution in [3.8, 4) is 6.07 Å². The molecule has 1 aliphatic carbocycles. The quantitative estimate of drug-likeness (QED) is 0.770. The monoisotopic (exact) mass is 280 g/mol. The fraction of sp³-hybridized carbons (Fsp3) is 0.938. The zero-order valence-electron chi connectivity index (χ0n) is 12.3. The molecule has 0 bridgehead atoms. The van der Waals surface area contributed by atoms with E-state index in [1.54, 1.807) is 0 Å². The lowest BCUT2D eigenvalue weighted by Gasteiger charge is -2.32.